The van der Waals surface area contributed by atoms with Gasteiger partial charge < -0.3 is 15.1 Å². The van der Waals surface area contributed by atoms with Crippen molar-refractivity contribution in [3.05, 3.63) is 54.1 Å². The Bertz CT molecular complexity index is 731. The van der Waals surface area contributed by atoms with Gasteiger partial charge in [-0.2, -0.15) is 5.43 Å². The Hall–Kier alpha value is -2.53. The predicted molar refractivity (Wildman–Crippen MR) is 80.0 cm³/mol. The molecule has 0 saturated heterocycles. The van der Waals surface area contributed by atoms with Gasteiger partial charge in [0.15, 0.2) is 0 Å². The summed E-state index contributed by atoms with van der Waals surface area (Å²) in [6.45, 7) is 2.56. The predicted octanol–water partition coefficient (Wildman–Crippen LogP) is 2.21. The number of nitrogens with one attached hydrogen (secondary N) is 2. The zero-order chi connectivity index (χ0) is 14.4. The van der Waals surface area contributed by atoms with Crippen molar-refractivity contribution in [1.82, 2.24) is 5.43 Å². The maximum atomic E-state index is 12.9. The van der Waals surface area contributed by atoms with Crippen LogP contribution in [0.2, 0.25) is 0 Å². The lowest BCUT2D eigenvalue weighted by Gasteiger charge is -2.35. The van der Waals surface area contributed by atoms with Gasteiger partial charge in [-0.3, -0.25) is 4.79 Å². The lowest BCUT2D eigenvalue weighted by atomic mass is 10.0. The first kappa shape index (κ1) is 12.2. The zero-order valence-electron chi connectivity index (χ0n) is 11.6. The van der Waals surface area contributed by atoms with Crippen LogP contribution in [0.3, 0.4) is 0 Å². The maximum absolute atomic E-state index is 12.9. The van der Waals surface area contributed by atoms with Gasteiger partial charge >= 0.3 is 0 Å². The summed E-state index contributed by atoms with van der Waals surface area (Å²) >= 11 is 0. The molecular weight excluding hydrogens is 266 g/mol. The topological polar surface area (TPSA) is 53.6 Å². The molecule has 2 aliphatic heterocycles. The molecule has 0 radical (unpaired) electrons. The van der Waals surface area contributed by atoms with E-state index in [0.717, 1.165) is 16.9 Å². The molecule has 2 aromatic rings. The van der Waals surface area contributed by atoms with Crippen LogP contribution in [0.1, 0.15) is 12.5 Å². The van der Waals surface area contributed by atoms with Crippen molar-refractivity contribution in [2.24, 2.45) is 0 Å². The smallest absolute Gasteiger partial charge is 0.293 e. The number of likely N-dealkylation sites (N-methyl/N-ethyl adjacent to an activating group) is 1. The van der Waals surface area contributed by atoms with Gasteiger partial charge in [-0.25, -0.2) is 0 Å². The summed E-state index contributed by atoms with van der Waals surface area (Å²) in [6.07, 6.45) is 0. The quantitative estimate of drug-likeness (QED) is 0.841. The van der Waals surface area contributed by atoms with Crippen LogP contribution in [0.25, 0.3) is 0 Å². The number of benzene rings is 2. The SMILES string of the molecule is CCN1C(=O)[C@@]2(NNc3ccccc3O2)c2ccccc21. The van der Waals surface area contributed by atoms with E-state index < -0.39 is 5.72 Å². The normalized spacial score (nSPS) is 22.5. The molecule has 1 atom stereocenters. The highest BCUT2D eigenvalue weighted by Gasteiger charge is 2.54. The van der Waals surface area contributed by atoms with Crippen molar-refractivity contribution in [3.8, 4) is 5.75 Å². The molecule has 0 unspecified atom stereocenters. The molecule has 106 valence electrons. The molecule has 2 aromatic carbocycles. The minimum Gasteiger partial charge on any atom is -0.455 e. The summed E-state index contributed by atoms with van der Waals surface area (Å²) in [7, 11) is 0. The van der Waals surface area contributed by atoms with E-state index in [2.05, 4.69) is 10.9 Å². The summed E-state index contributed by atoms with van der Waals surface area (Å²) < 4.78 is 6.09. The summed E-state index contributed by atoms with van der Waals surface area (Å²) in [4.78, 5) is 14.6. The average Bonchev–Trinajstić information content (AvgIpc) is 2.76. The van der Waals surface area contributed by atoms with Crippen LogP contribution in [-0.4, -0.2) is 12.5 Å². The average molecular weight is 281 g/mol. The number of hydrogen-bond acceptors (Lipinski definition) is 4. The lowest BCUT2D eigenvalue weighted by molar-refractivity contribution is -0.136. The van der Waals surface area contributed by atoms with E-state index in [4.69, 9.17) is 4.74 Å². The Labute approximate surface area is 122 Å². The van der Waals surface area contributed by atoms with Crippen LogP contribution >= 0.6 is 0 Å². The van der Waals surface area contributed by atoms with Crippen LogP contribution in [0.5, 0.6) is 5.75 Å². The Balaban J connectivity index is 1.88. The van der Waals surface area contributed by atoms with Crippen LogP contribution in [0.15, 0.2) is 48.5 Å². The van der Waals surface area contributed by atoms with Crippen molar-refractivity contribution in [3.63, 3.8) is 0 Å². The van der Waals surface area contributed by atoms with E-state index in [1.54, 1.807) is 4.90 Å². The standard InChI is InChI=1S/C16H15N3O2/c1-2-19-13-9-5-3-7-11(13)16(15(19)20)18-17-12-8-4-6-10-14(12)21-16/h3-10,17-18H,2H2,1H3/t16-/m1/s1. The minimum absolute atomic E-state index is 0.104. The molecule has 21 heavy (non-hydrogen) atoms. The summed E-state index contributed by atoms with van der Waals surface area (Å²) in [5.74, 6) is 0.561. The van der Waals surface area contributed by atoms with Gasteiger partial charge in [-0.1, -0.05) is 30.3 Å². The third-order valence-electron chi connectivity index (χ3n) is 3.96. The lowest BCUT2D eigenvalue weighted by Crippen LogP contribution is -2.58. The molecule has 4 rings (SSSR count). The van der Waals surface area contributed by atoms with Gasteiger partial charge in [0.25, 0.3) is 11.6 Å². The maximum Gasteiger partial charge on any atom is 0.293 e. The Morgan fingerprint density at radius 1 is 1.14 bits per heavy atom. The van der Waals surface area contributed by atoms with E-state index >= 15 is 0 Å². The molecule has 1 amide bonds. The second kappa shape index (κ2) is 4.23. The fraction of sp³-hybridized carbons (Fsp3) is 0.188. The van der Waals surface area contributed by atoms with Crippen molar-refractivity contribution >= 4 is 17.3 Å². The zero-order valence-corrected chi connectivity index (χ0v) is 11.6. The fourth-order valence-electron chi connectivity index (χ4n) is 2.96. The first-order valence-corrected chi connectivity index (χ1v) is 6.99. The van der Waals surface area contributed by atoms with Crippen molar-refractivity contribution in [2.75, 3.05) is 16.9 Å². The molecule has 0 bridgehead atoms. The number of amides is 1. The van der Waals surface area contributed by atoms with Gasteiger partial charge in [0.05, 0.1) is 11.4 Å². The number of ether oxygens (including phenoxy) is 1. The largest absolute Gasteiger partial charge is 0.455 e. The van der Waals surface area contributed by atoms with Crippen molar-refractivity contribution < 1.29 is 9.53 Å². The summed E-state index contributed by atoms with van der Waals surface area (Å²) in [5.41, 5.74) is 7.50. The molecule has 2 aliphatic rings. The van der Waals surface area contributed by atoms with E-state index in [1.165, 1.54) is 0 Å². The molecule has 0 aromatic heterocycles. The number of nitrogens with zero attached hydrogens (tertiary/aromatic N) is 1. The molecular formula is C16H15N3O2. The summed E-state index contributed by atoms with van der Waals surface area (Å²) in [5, 5.41) is 0. The van der Waals surface area contributed by atoms with Crippen LogP contribution < -0.4 is 20.5 Å². The van der Waals surface area contributed by atoms with E-state index in [-0.39, 0.29) is 5.91 Å². The molecule has 5 nitrogen and oxygen atoms in total. The number of para-hydroxylation sites is 3. The second-order valence-corrected chi connectivity index (χ2v) is 5.10. The Morgan fingerprint density at radius 3 is 2.76 bits per heavy atom. The first-order valence-electron chi connectivity index (χ1n) is 6.99. The molecule has 0 fully saturated rings. The third-order valence-corrected chi connectivity index (χ3v) is 3.96. The third kappa shape index (κ3) is 1.52. The number of rotatable bonds is 1. The second-order valence-electron chi connectivity index (χ2n) is 5.10. The molecule has 1 spiro atoms. The van der Waals surface area contributed by atoms with E-state index in [0.29, 0.717) is 12.3 Å². The molecule has 2 heterocycles. The van der Waals surface area contributed by atoms with Crippen LogP contribution in [-0.2, 0) is 10.5 Å². The molecule has 0 aliphatic carbocycles. The highest BCUT2D eigenvalue weighted by molar-refractivity contribution is 6.07. The van der Waals surface area contributed by atoms with Gasteiger partial charge in [0.2, 0.25) is 0 Å². The van der Waals surface area contributed by atoms with E-state index in [9.17, 15) is 4.79 Å². The van der Waals surface area contributed by atoms with Gasteiger partial charge in [0.1, 0.15) is 5.75 Å². The highest BCUT2D eigenvalue weighted by atomic mass is 16.5. The molecule has 2 N–H and O–H groups in total. The number of fused-ring (bicyclic) bond motifs is 3. The van der Waals surface area contributed by atoms with Crippen molar-refractivity contribution in [2.45, 2.75) is 12.6 Å². The number of carbonyl (C=O) groups excluding carboxylic acids is 1. The number of hydrazine groups is 1. The number of hydrogen-bond donors (Lipinski definition) is 2. The Kier molecular flexibility index (Phi) is 2.46. The minimum atomic E-state index is -1.19. The monoisotopic (exact) mass is 281 g/mol. The van der Waals surface area contributed by atoms with Crippen LogP contribution in [0.4, 0.5) is 11.4 Å². The Morgan fingerprint density at radius 2 is 1.90 bits per heavy atom. The fourth-order valence-corrected chi connectivity index (χ4v) is 2.96. The van der Waals surface area contributed by atoms with Gasteiger partial charge in [-0.05, 0) is 25.1 Å². The molecule has 0 saturated carbocycles. The van der Waals surface area contributed by atoms with Crippen LogP contribution in [0, 0.1) is 0 Å². The highest BCUT2D eigenvalue weighted by Crippen LogP contribution is 2.44. The van der Waals surface area contributed by atoms with Gasteiger partial charge in [0, 0.05) is 12.1 Å². The van der Waals surface area contributed by atoms with Gasteiger partial charge in [-0.15, -0.1) is 0 Å². The number of carbonyl (C=O) groups is 1. The first-order chi connectivity index (χ1) is 10.3. The van der Waals surface area contributed by atoms with Crippen molar-refractivity contribution in [1.29, 1.82) is 0 Å². The number of anilines is 2. The molecule has 5 heteroatoms. The summed E-state index contributed by atoms with van der Waals surface area (Å²) in [6, 6.07) is 15.3. The van der Waals surface area contributed by atoms with E-state index in [1.807, 2.05) is 55.5 Å².